The SMILES string of the molecule is C#CCC1(Cl)C=CC=CC1. The van der Waals surface area contributed by atoms with E-state index in [1.54, 1.807) is 0 Å². The van der Waals surface area contributed by atoms with Crippen LogP contribution in [0.1, 0.15) is 12.8 Å². The summed E-state index contributed by atoms with van der Waals surface area (Å²) in [7, 11) is 0. The van der Waals surface area contributed by atoms with Gasteiger partial charge in [0, 0.05) is 6.42 Å². The molecule has 10 heavy (non-hydrogen) atoms. The highest BCUT2D eigenvalue weighted by molar-refractivity contribution is 6.25. The van der Waals surface area contributed by atoms with Gasteiger partial charge in [-0.1, -0.05) is 24.3 Å². The number of allylic oxidation sites excluding steroid dienone is 4. The Balaban J connectivity index is 2.63. The van der Waals surface area contributed by atoms with Crippen molar-refractivity contribution in [3.05, 3.63) is 24.3 Å². The van der Waals surface area contributed by atoms with E-state index in [1.807, 2.05) is 24.3 Å². The van der Waals surface area contributed by atoms with Gasteiger partial charge in [0.1, 0.15) is 0 Å². The van der Waals surface area contributed by atoms with Crippen LogP contribution in [0.2, 0.25) is 0 Å². The van der Waals surface area contributed by atoms with Crippen molar-refractivity contribution in [1.82, 2.24) is 0 Å². The minimum absolute atomic E-state index is 0.302. The predicted molar refractivity (Wildman–Crippen MR) is 44.9 cm³/mol. The van der Waals surface area contributed by atoms with E-state index >= 15 is 0 Å². The Morgan fingerprint density at radius 1 is 1.60 bits per heavy atom. The molecule has 0 amide bonds. The van der Waals surface area contributed by atoms with Crippen LogP contribution in [0.25, 0.3) is 0 Å². The molecule has 0 heterocycles. The lowest BCUT2D eigenvalue weighted by atomic mass is 9.97. The molecule has 1 aliphatic rings. The Morgan fingerprint density at radius 2 is 2.40 bits per heavy atom. The zero-order valence-corrected chi connectivity index (χ0v) is 6.43. The van der Waals surface area contributed by atoms with Crippen LogP contribution in [0.5, 0.6) is 0 Å². The van der Waals surface area contributed by atoms with E-state index in [0.717, 1.165) is 6.42 Å². The summed E-state index contributed by atoms with van der Waals surface area (Å²) in [4.78, 5) is -0.302. The molecular weight excluding hydrogens is 144 g/mol. The first-order valence-electron chi connectivity index (χ1n) is 3.24. The van der Waals surface area contributed by atoms with E-state index < -0.39 is 0 Å². The van der Waals surface area contributed by atoms with Crippen molar-refractivity contribution in [3.8, 4) is 12.3 Å². The highest BCUT2D eigenvalue weighted by atomic mass is 35.5. The quantitative estimate of drug-likeness (QED) is 0.400. The fourth-order valence-electron chi connectivity index (χ4n) is 0.939. The van der Waals surface area contributed by atoms with Crippen LogP contribution in [0.3, 0.4) is 0 Å². The van der Waals surface area contributed by atoms with Crippen LogP contribution in [0.15, 0.2) is 24.3 Å². The van der Waals surface area contributed by atoms with Gasteiger partial charge in [-0.25, -0.2) is 0 Å². The van der Waals surface area contributed by atoms with Gasteiger partial charge in [-0.05, 0) is 6.42 Å². The summed E-state index contributed by atoms with van der Waals surface area (Å²) in [6.07, 6.45) is 14.5. The zero-order chi connectivity index (χ0) is 7.45. The van der Waals surface area contributed by atoms with Crippen LogP contribution in [0, 0.1) is 12.3 Å². The standard InChI is InChI=1S/C9H9Cl/c1-2-6-9(10)7-4-3-5-8-9/h1,3-5,7H,6,8H2. The Bertz CT molecular complexity index is 207. The molecule has 0 spiro atoms. The number of hydrogen-bond acceptors (Lipinski definition) is 0. The molecule has 0 aromatic rings. The fraction of sp³-hybridized carbons (Fsp3) is 0.333. The Hall–Kier alpha value is -0.670. The molecule has 0 bridgehead atoms. The summed E-state index contributed by atoms with van der Waals surface area (Å²) in [5.74, 6) is 2.56. The van der Waals surface area contributed by atoms with Crippen molar-refractivity contribution in [2.24, 2.45) is 0 Å². The van der Waals surface area contributed by atoms with Gasteiger partial charge in [0.2, 0.25) is 0 Å². The van der Waals surface area contributed by atoms with Crippen molar-refractivity contribution in [3.63, 3.8) is 0 Å². The molecule has 1 heteroatoms. The van der Waals surface area contributed by atoms with Crippen LogP contribution < -0.4 is 0 Å². The first-order valence-corrected chi connectivity index (χ1v) is 3.61. The minimum Gasteiger partial charge on any atom is -0.120 e. The van der Waals surface area contributed by atoms with E-state index in [2.05, 4.69) is 5.92 Å². The molecule has 0 aromatic heterocycles. The van der Waals surface area contributed by atoms with Gasteiger partial charge >= 0.3 is 0 Å². The average Bonchev–Trinajstić information content (AvgIpc) is 1.89. The van der Waals surface area contributed by atoms with Gasteiger partial charge in [0.05, 0.1) is 4.87 Å². The molecule has 1 atom stereocenters. The molecule has 1 rings (SSSR count). The summed E-state index contributed by atoms with van der Waals surface area (Å²) in [5, 5.41) is 0. The van der Waals surface area contributed by atoms with Crippen LogP contribution in [0.4, 0.5) is 0 Å². The number of rotatable bonds is 1. The smallest absolute Gasteiger partial charge is 0.0772 e. The highest BCUT2D eigenvalue weighted by Crippen LogP contribution is 2.28. The van der Waals surface area contributed by atoms with Crippen LogP contribution in [-0.4, -0.2) is 4.87 Å². The summed E-state index contributed by atoms with van der Waals surface area (Å²) in [5.41, 5.74) is 0. The second-order valence-electron chi connectivity index (χ2n) is 2.41. The maximum absolute atomic E-state index is 6.09. The van der Waals surface area contributed by atoms with Gasteiger partial charge in [-0.3, -0.25) is 0 Å². The number of hydrogen-bond donors (Lipinski definition) is 0. The largest absolute Gasteiger partial charge is 0.120 e. The van der Waals surface area contributed by atoms with Crippen molar-refractivity contribution < 1.29 is 0 Å². The first kappa shape index (κ1) is 7.44. The van der Waals surface area contributed by atoms with Gasteiger partial charge in [0.15, 0.2) is 0 Å². The third-order valence-corrected chi connectivity index (χ3v) is 1.91. The average molecular weight is 153 g/mol. The van der Waals surface area contributed by atoms with Gasteiger partial charge in [-0.15, -0.1) is 23.9 Å². The van der Waals surface area contributed by atoms with E-state index in [4.69, 9.17) is 18.0 Å². The van der Waals surface area contributed by atoms with E-state index in [-0.39, 0.29) is 4.87 Å². The van der Waals surface area contributed by atoms with Crippen molar-refractivity contribution in [2.45, 2.75) is 17.7 Å². The third-order valence-electron chi connectivity index (χ3n) is 1.50. The molecule has 0 aromatic carbocycles. The maximum Gasteiger partial charge on any atom is 0.0772 e. The minimum atomic E-state index is -0.302. The lowest BCUT2D eigenvalue weighted by Crippen LogP contribution is -2.17. The van der Waals surface area contributed by atoms with Gasteiger partial charge in [0.25, 0.3) is 0 Å². The molecule has 0 N–H and O–H groups in total. The van der Waals surface area contributed by atoms with E-state index in [0.29, 0.717) is 6.42 Å². The maximum atomic E-state index is 6.09. The zero-order valence-electron chi connectivity index (χ0n) is 5.68. The molecule has 0 saturated heterocycles. The van der Waals surface area contributed by atoms with Crippen LogP contribution >= 0.6 is 11.6 Å². The molecule has 0 fully saturated rings. The normalized spacial score (nSPS) is 30.0. The number of alkyl halides is 1. The molecule has 0 radical (unpaired) electrons. The monoisotopic (exact) mass is 152 g/mol. The predicted octanol–water partition coefficient (Wildman–Crippen LogP) is 2.50. The van der Waals surface area contributed by atoms with Crippen molar-refractivity contribution in [2.75, 3.05) is 0 Å². The summed E-state index contributed by atoms with van der Waals surface area (Å²) in [6.45, 7) is 0. The molecule has 52 valence electrons. The van der Waals surface area contributed by atoms with Gasteiger partial charge in [-0.2, -0.15) is 0 Å². The first-order chi connectivity index (χ1) is 4.77. The fourth-order valence-corrected chi connectivity index (χ4v) is 1.18. The molecule has 0 saturated carbocycles. The Morgan fingerprint density at radius 3 is 2.90 bits per heavy atom. The van der Waals surface area contributed by atoms with Crippen molar-refractivity contribution in [1.29, 1.82) is 0 Å². The summed E-state index contributed by atoms with van der Waals surface area (Å²) >= 11 is 6.09. The van der Waals surface area contributed by atoms with E-state index in [1.165, 1.54) is 0 Å². The second-order valence-corrected chi connectivity index (χ2v) is 3.16. The van der Waals surface area contributed by atoms with Gasteiger partial charge < -0.3 is 0 Å². The number of terminal acetylenes is 1. The third kappa shape index (κ3) is 1.65. The highest BCUT2D eigenvalue weighted by Gasteiger charge is 2.21. The Kier molecular flexibility index (Phi) is 2.19. The van der Waals surface area contributed by atoms with E-state index in [9.17, 15) is 0 Å². The van der Waals surface area contributed by atoms with Crippen LogP contribution in [-0.2, 0) is 0 Å². The molecular formula is C9H9Cl. The molecule has 1 unspecified atom stereocenters. The lowest BCUT2D eigenvalue weighted by Gasteiger charge is -2.20. The molecule has 0 nitrogen and oxygen atoms in total. The Labute approximate surface area is 66.6 Å². The lowest BCUT2D eigenvalue weighted by molar-refractivity contribution is 0.726. The molecule has 0 aliphatic heterocycles. The summed E-state index contributed by atoms with van der Waals surface area (Å²) < 4.78 is 0. The second kappa shape index (κ2) is 2.94. The molecule has 1 aliphatic carbocycles. The van der Waals surface area contributed by atoms with Crippen molar-refractivity contribution >= 4 is 11.6 Å². The summed E-state index contributed by atoms with van der Waals surface area (Å²) in [6, 6.07) is 0. The topological polar surface area (TPSA) is 0 Å². The number of halogens is 1.